The summed E-state index contributed by atoms with van der Waals surface area (Å²) >= 11 is 12.6. The van der Waals surface area contributed by atoms with E-state index in [9.17, 15) is 13.2 Å². The lowest BCUT2D eigenvalue weighted by Gasteiger charge is -2.33. The largest absolute Gasteiger partial charge is 0.379 e. The molecule has 1 aromatic carbocycles. The van der Waals surface area contributed by atoms with Gasteiger partial charge in [-0.2, -0.15) is 4.31 Å². The molecule has 1 aliphatic heterocycles. The van der Waals surface area contributed by atoms with Crippen molar-refractivity contribution in [3.05, 3.63) is 27.7 Å². The van der Waals surface area contributed by atoms with Crippen LogP contribution in [0.15, 0.2) is 17.0 Å². The first-order valence-electron chi connectivity index (χ1n) is 9.63. The quantitative estimate of drug-likeness (QED) is 0.686. The zero-order valence-corrected chi connectivity index (χ0v) is 18.5. The molecule has 1 aromatic rings. The van der Waals surface area contributed by atoms with Crippen molar-refractivity contribution < 1.29 is 17.9 Å². The summed E-state index contributed by atoms with van der Waals surface area (Å²) in [5.74, 6) is -0.248. The SMILES string of the molecule is CC(C)N(C(=O)c1cc(S(=O)(=O)N2CCOCC2)c(Cl)cc1Cl)C1CCCC1. The molecule has 0 radical (unpaired) electrons. The summed E-state index contributed by atoms with van der Waals surface area (Å²) in [7, 11) is -3.84. The normalized spacial score (nSPS) is 19.3. The molecular formula is C19H26Cl2N2O4S. The summed E-state index contributed by atoms with van der Waals surface area (Å²) in [4.78, 5) is 15.1. The average Bonchev–Trinajstić information content (AvgIpc) is 3.16. The van der Waals surface area contributed by atoms with Gasteiger partial charge in [-0.05, 0) is 38.8 Å². The van der Waals surface area contributed by atoms with E-state index >= 15 is 0 Å². The number of rotatable bonds is 5. The number of nitrogens with zero attached hydrogens (tertiary/aromatic N) is 2. The van der Waals surface area contributed by atoms with Crippen molar-refractivity contribution in [3.8, 4) is 0 Å². The fourth-order valence-electron chi connectivity index (χ4n) is 3.96. The lowest BCUT2D eigenvalue weighted by Crippen LogP contribution is -2.44. The van der Waals surface area contributed by atoms with Gasteiger partial charge in [0.2, 0.25) is 10.0 Å². The molecule has 28 heavy (non-hydrogen) atoms. The maximum absolute atomic E-state index is 13.3. The van der Waals surface area contributed by atoms with Crippen LogP contribution in [0, 0.1) is 0 Å². The Morgan fingerprint density at radius 3 is 2.32 bits per heavy atom. The van der Waals surface area contributed by atoms with E-state index in [0.29, 0.717) is 13.2 Å². The summed E-state index contributed by atoms with van der Waals surface area (Å²) in [6, 6.07) is 2.83. The van der Waals surface area contributed by atoms with Gasteiger partial charge in [0.25, 0.3) is 5.91 Å². The summed E-state index contributed by atoms with van der Waals surface area (Å²) in [5, 5.41) is 0.185. The molecule has 0 atom stereocenters. The Morgan fingerprint density at radius 1 is 1.14 bits per heavy atom. The van der Waals surface area contributed by atoms with Crippen LogP contribution in [0.2, 0.25) is 10.0 Å². The molecule has 1 saturated carbocycles. The third kappa shape index (κ3) is 4.33. The Kier molecular flexibility index (Phi) is 6.92. The van der Waals surface area contributed by atoms with Gasteiger partial charge in [-0.1, -0.05) is 36.0 Å². The zero-order valence-electron chi connectivity index (χ0n) is 16.2. The van der Waals surface area contributed by atoms with E-state index in [1.54, 1.807) is 0 Å². The number of amides is 1. The van der Waals surface area contributed by atoms with Crippen molar-refractivity contribution in [2.75, 3.05) is 26.3 Å². The van der Waals surface area contributed by atoms with Crippen LogP contribution in [0.25, 0.3) is 0 Å². The predicted molar refractivity (Wildman–Crippen MR) is 110 cm³/mol. The minimum atomic E-state index is -3.84. The molecule has 6 nitrogen and oxygen atoms in total. The van der Waals surface area contributed by atoms with Crippen LogP contribution in [0.4, 0.5) is 0 Å². The second-order valence-corrected chi connectivity index (χ2v) is 10.2. The maximum Gasteiger partial charge on any atom is 0.255 e. The third-order valence-corrected chi connectivity index (χ3v) is 8.02. The molecular weight excluding hydrogens is 423 g/mol. The van der Waals surface area contributed by atoms with Crippen molar-refractivity contribution in [1.82, 2.24) is 9.21 Å². The van der Waals surface area contributed by atoms with Gasteiger partial charge >= 0.3 is 0 Å². The van der Waals surface area contributed by atoms with Crippen molar-refractivity contribution >= 4 is 39.1 Å². The molecule has 2 aliphatic rings. The van der Waals surface area contributed by atoms with Gasteiger partial charge in [0.05, 0.1) is 28.8 Å². The lowest BCUT2D eigenvalue weighted by molar-refractivity contribution is 0.0613. The third-order valence-electron chi connectivity index (χ3n) is 5.35. The molecule has 0 aromatic heterocycles. The average molecular weight is 449 g/mol. The second-order valence-electron chi connectivity index (χ2n) is 7.52. The molecule has 156 valence electrons. The van der Waals surface area contributed by atoms with E-state index in [0.717, 1.165) is 25.7 Å². The molecule has 0 N–H and O–H groups in total. The Morgan fingerprint density at radius 2 is 1.75 bits per heavy atom. The van der Waals surface area contributed by atoms with Crippen molar-refractivity contribution in [2.24, 2.45) is 0 Å². The number of hydrogen-bond donors (Lipinski definition) is 0. The van der Waals surface area contributed by atoms with E-state index in [4.69, 9.17) is 27.9 Å². The molecule has 0 spiro atoms. The van der Waals surface area contributed by atoms with Gasteiger partial charge in [-0.15, -0.1) is 0 Å². The molecule has 3 rings (SSSR count). The minimum Gasteiger partial charge on any atom is -0.379 e. The first-order valence-corrected chi connectivity index (χ1v) is 11.8. The summed E-state index contributed by atoms with van der Waals surface area (Å²) in [6.07, 6.45) is 4.08. The van der Waals surface area contributed by atoms with Crippen LogP contribution < -0.4 is 0 Å². The van der Waals surface area contributed by atoms with Crippen molar-refractivity contribution in [2.45, 2.75) is 56.5 Å². The Labute approximate surface area is 176 Å². The highest BCUT2D eigenvalue weighted by atomic mass is 35.5. The molecule has 1 saturated heterocycles. The van der Waals surface area contributed by atoms with Crippen LogP contribution in [0.3, 0.4) is 0 Å². The van der Waals surface area contributed by atoms with Gasteiger partial charge in [0.1, 0.15) is 4.90 Å². The highest BCUT2D eigenvalue weighted by Crippen LogP contribution is 2.34. The topological polar surface area (TPSA) is 66.9 Å². The van der Waals surface area contributed by atoms with Crippen LogP contribution in [0.5, 0.6) is 0 Å². The van der Waals surface area contributed by atoms with E-state index < -0.39 is 10.0 Å². The lowest BCUT2D eigenvalue weighted by atomic mass is 10.1. The van der Waals surface area contributed by atoms with Crippen LogP contribution >= 0.6 is 23.2 Å². The summed E-state index contributed by atoms with van der Waals surface area (Å²) < 4.78 is 32.7. The standard InChI is InChI=1S/C19H26Cl2N2O4S/c1-13(2)23(14-5-3-4-6-14)19(24)15-11-18(17(21)12-16(15)20)28(25,26)22-7-9-27-10-8-22/h11-14H,3-10H2,1-2H3. The molecule has 0 unspecified atom stereocenters. The van der Waals surface area contributed by atoms with E-state index in [-0.39, 0.29) is 51.6 Å². The number of carbonyl (C=O) groups is 1. The van der Waals surface area contributed by atoms with E-state index in [2.05, 4.69) is 0 Å². The molecule has 0 bridgehead atoms. The van der Waals surface area contributed by atoms with Gasteiger partial charge in [-0.25, -0.2) is 8.42 Å². The molecule has 1 heterocycles. The molecule has 9 heteroatoms. The predicted octanol–water partition coefficient (Wildman–Crippen LogP) is 3.81. The number of carbonyl (C=O) groups excluding carboxylic acids is 1. The maximum atomic E-state index is 13.3. The number of halogens is 2. The summed E-state index contributed by atoms with van der Waals surface area (Å²) in [5.41, 5.74) is 0.179. The number of benzene rings is 1. The van der Waals surface area contributed by atoms with Gasteiger partial charge in [0, 0.05) is 25.2 Å². The fraction of sp³-hybridized carbons (Fsp3) is 0.632. The minimum absolute atomic E-state index is 0.0124. The first kappa shape index (κ1) is 21.8. The molecule has 2 fully saturated rings. The molecule has 1 aliphatic carbocycles. The monoisotopic (exact) mass is 448 g/mol. The first-order chi connectivity index (χ1) is 13.2. The fourth-order valence-corrected chi connectivity index (χ4v) is 6.20. The highest BCUT2D eigenvalue weighted by Gasteiger charge is 2.33. The van der Waals surface area contributed by atoms with Crippen molar-refractivity contribution in [3.63, 3.8) is 0 Å². The van der Waals surface area contributed by atoms with Gasteiger partial charge in [0.15, 0.2) is 0 Å². The zero-order chi connectivity index (χ0) is 20.5. The summed E-state index contributed by atoms with van der Waals surface area (Å²) in [6.45, 7) is 5.10. The second kappa shape index (κ2) is 8.88. The number of hydrogen-bond acceptors (Lipinski definition) is 4. The Balaban J connectivity index is 2.00. The van der Waals surface area contributed by atoms with Crippen LogP contribution in [-0.2, 0) is 14.8 Å². The smallest absolute Gasteiger partial charge is 0.255 e. The van der Waals surface area contributed by atoms with E-state index in [1.165, 1.54) is 16.4 Å². The molecule has 1 amide bonds. The highest BCUT2D eigenvalue weighted by molar-refractivity contribution is 7.89. The Bertz CT molecular complexity index is 833. The number of sulfonamides is 1. The van der Waals surface area contributed by atoms with E-state index in [1.807, 2.05) is 18.7 Å². The Hall–Kier alpha value is -0.860. The van der Waals surface area contributed by atoms with Gasteiger partial charge in [-0.3, -0.25) is 4.79 Å². The van der Waals surface area contributed by atoms with Gasteiger partial charge < -0.3 is 9.64 Å². The van der Waals surface area contributed by atoms with Crippen LogP contribution in [-0.4, -0.2) is 61.9 Å². The van der Waals surface area contributed by atoms with Crippen LogP contribution in [0.1, 0.15) is 49.9 Å². The number of ether oxygens (including phenoxy) is 1. The van der Waals surface area contributed by atoms with Crippen molar-refractivity contribution in [1.29, 1.82) is 0 Å². The number of morpholine rings is 1.